The van der Waals surface area contributed by atoms with E-state index in [9.17, 15) is 4.79 Å². The molecule has 0 bridgehead atoms. The SMILES string of the molecule is N[13c]1n[13c]2n[13cH][nH][13c]2[13c](=O)[nH]1. The topological polar surface area (TPSA) is 100 Å². The smallest absolute Gasteiger partial charge is 0.278 e. The fourth-order valence-electron chi connectivity index (χ4n) is 0.860. The first-order valence-corrected chi connectivity index (χ1v) is 2.96. The van der Waals surface area contributed by atoms with Crippen molar-refractivity contribution in [1.82, 2.24) is 19.9 Å². The van der Waals surface area contributed by atoms with Crippen LogP contribution in [-0.2, 0) is 0 Å². The zero-order chi connectivity index (χ0) is 7.84. The zero-order valence-electron chi connectivity index (χ0n) is 5.46. The second-order valence-corrected chi connectivity index (χ2v) is 2.05. The van der Waals surface area contributed by atoms with Gasteiger partial charge in [0.25, 0.3) is 5.56 Å². The standard InChI is InChI=1S/C5H5N5O/c6-5-9-3-2(4(11)10-5)7-1-8-3/h1H,(H4,6,7,8,9,10,11)/i1+1,2+1,3+1,4+1,5+1. The highest BCUT2D eigenvalue weighted by molar-refractivity contribution is 5.69. The largest absolute Gasteiger partial charge is 0.369 e. The van der Waals surface area contributed by atoms with Gasteiger partial charge in [0.2, 0.25) is 5.95 Å². The Balaban J connectivity index is 3.02. The molecular formula is C5H5N5O. The van der Waals surface area contributed by atoms with E-state index in [1.54, 1.807) is 0 Å². The van der Waals surface area contributed by atoms with E-state index < -0.39 is 0 Å². The molecule has 0 aromatic carbocycles. The minimum Gasteiger partial charge on any atom is -0.369 e. The summed E-state index contributed by atoms with van der Waals surface area (Å²) in [5.74, 6) is 0.0783. The fourth-order valence-corrected chi connectivity index (χ4v) is 0.860. The molecule has 0 spiro atoms. The number of nitrogens with zero attached hydrogens (tertiary/aromatic N) is 2. The second kappa shape index (κ2) is 1.82. The number of aromatic amines is 2. The van der Waals surface area contributed by atoms with Gasteiger partial charge in [-0.3, -0.25) is 9.78 Å². The molecule has 0 aliphatic rings. The first-order valence-electron chi connectivity index (χ1n) is 2.96. The Bertz CT molecular complexity index is 441. The molecule has 0 saturated heterocycles. The number of rotatable bonds is 0. The van der Waals surface area contributed by atoms with Crippen molar-refractivity contribution in [2.75, 3.05) is 5.73 Å². The van der Waals surface area contributed by atoms with E-state index >= 15 is 0 Å². The summed E-state index contributed by atoms with van der Waals surface area (Å²) in [4.78, 5) is 23.5. The van der Waals surface area contributed by atoms with Gasteiger partial charge in [0, 0.05) is 0 Å². The van der Waals surface area contributed by atoms with E-state index in [-0.39, 0.29) is 11.5 Å². The summed E-state index contributed by atoms with van der Waals surface area (Å²) in [7, 11) is 0. The predicted molar refractivity (Wildman–Crippen MR) is 38.9 cm³/mol. The number of fused-ring (bicyclic) bond motifs is 1. The van der Waals surface area contributed by atoms with E-state index in [2.05, 4.69) is 19.9 Å². The summed E-state index contributed by atoms with van der Waals surface area (Å²) in [6.45, 7) is 0. The molecule has 0 radical (unpaired) electrons. The van der Waals surface area contributed by atoms with Gasteiger partial charge >= 0.3 is 0 Å². The van der Waals surface area contributed by atoms with Crippen LogP contribution in [0, 0.1) is 0 Å². The summed E-state index contributed by atoms with van der Waals surface area (Å²) < 4.78 is 0. The molecule has 2 aromatic heterocycles. The number of hydrogen-bond donors (Lipinski definition) is 3. The molecule has 0 fully saturated rings. The number of imidazole rings is 1. The lowest BCUT2D eigenvalue weighted by Crippen LogP contribution is -2.10. The lowest BCUT2D eigenvalue weighted by Gasteiger charge is -1.89. The van der Waals surface area contributed by atoms with Crippen molar-refractivity contribution < 1.29 is 0 Å². The number of nitrogen functional groups attached to an aromatic ring is 1. The van der Waals surface area contributed by atoms with Gasteiger partial charge in [-0.15, -0.1) is 0 Å². The van der Waals surface area contributed by atoms with Gasteiger partial charge in [-0.25, -0.2) is 4.98 Å². The fraction of sp³-hybridized carbons (Fsp3) is 0. The molecule has 2 rings (SSSR count). The van der Waals surface area contributed by atoms with Crippen molar-refractivity contribution in [2.24, 2.45) is 0 Å². The Hall–Kier alpha value is -1.85. The minimum atomic E-state index is -0.301. The number of nitrogens with two attached hydrogens (primary N) is 1. The van der Waals surface area contributed by atoms with Gasteiger partial charge in [0.05, 0.1) is 6.33 Å². The Morgan fingerprint density at radius 1 is 1.55 bits per heavy atom. The molecule has 0 aliphatic heterocycles. The lowest BCUT2D eigenvalue weighted by molar-refractivity contribution is 1.17. The van der Waals surface area contributed by atoms with Gasteiger partial charge in [0.1, 0.15) is 0 Å². The van der Waals surface area contributed by atoms with Crippen LogP contribution >= 0.6 is 0 Å². The third-order valence-corrected chi connectivity index (χ3v) is 1.31. The summed E-state index contributed by atoms with van der Waals surface area (Å²) >= 11 is 0. The maximum Gasteiger partial charge on any atom is 0.278 e. The van der Waals surface area contributed by atoms with E-state index in [1.165, 1.54) is 6.33 Å². The monoisotopic (exact) mass is 156 g/mol. The normalized spacial score (nSPS) is 10.5. The van der Waals surface area contributed by atoms with Crippen LogP contribution in [0.2, 0.25) is 0 Å². The first kappa shape index (κ1) is 5.90. The molecule has 0 aliphatic carbocycles. The number of aromatic nitrogens is 4. The number of anilines is 1. The van der Waals surface area contributed by atoms with Crippen LogP contribution < -0.4 is 11.3 Å². The van der Waals surface area contributed by atoms with E-state index in [1.807, 2.05) is 0 Å². The molecule has 0 amide bonds. The Kier molecular flexibility index (Phi) is 0.974. The van der Waals surface area contributed by atoms with Gasteiger partial charge in [0.15, 0.2) is 11.2 Å². The van der Waals surface area contributed by atoms with Gasteiger partial charge in [-0.2, -0.15) is 4.98 Å². The Morgan fingerprint density at radius 3 is 3.18 bits per heavy atom. The molecule has 11 heavy (non-hydrogen) atoms. The van der Waals surface area contributed by atoms with E-state index in [4.69, 9.17) is 5.73 Å². The molecule has 4 N–H and O–H groups in total. The van der Waals surface area contributed by atoms with Crippen molar-refractivity contribution in [3.63, 3.8) is 0 Å². The van der Waals surface area contributed by atoms with Crippen LogP contribution in [0.1, 0.15) is 0 Å². The number of nitrogens with one attached hydrogen (secondary N) is 2. The molecule has 0 saturated carbocycles. The van der Waals surface area contributed by atoms with Crippen molar-refractivity contribution in [2.45, 2.75) is 0 Å². The van der Waals surface area contributed by atoms with Crippen molar-refractivity contribution in [3.8, 4) is 0 Å². The van der Waals surface area contributed by atoms with Crippen molar-refractivity contribution in [1.29, 1.82) is 0 Å². The van der Waals surface area contributed by atoms with Crippen LogP contribution in [0.3, 0.4) is 0 Å². The molecule has 6 nitrogen and oxygen atoms in total. The summed E-state index contributed by atoms with van der Waals surface area (Å²) in [5.41, 5.74) is 5.65. The van der Waals surface area contributed by atoms with Crippen LogP contribution in [0.25, 0.3) is 11.2 Å². The summed E-state index contributed by atoms with van der Waals surface area (Å²) in [5, 5.41) is 0. The molecule has 2 heterocycles. The van der Waals surface area contributed by atoms with Crippen LogP contribution in [0.5, 0.6) is 0 Å². The molecular weight excluding hydrogens is 151 g/mol. The highest BCUT2D eigenvalue weighted by atomic mass is 16.2. The molecule has 2 aromatic rings. The van der Waals surface area contributed by atoms with Gasteiger partial charge in [-0.05, 0) is 0 Å². The number of H-pyrrole nitrogens is 2. The number of hydrogen-bond acceptors (Lipinski definition) is 4. The third-order valence-electron chi connectivity index (χ3n) is 1.31. The maximum atomic E-state index is 11.0. The molecule has 0 atom stereocenters. The maximum absolute atomic E-state index is 11.0. The third kappa shape index (κ3) is 0.759. The Labute approximate surface area is 60.5 Å². The van der Waals surface area contributed by atoms with Crippen LogP contribution in [-0.4, -0.2) is 19.9 Å². The first-order chi connectivity index (χ1) is 5.27. The van der Waals surface area contributed by atoms with E-state index in [0.29, 0.717) is 11.2 Å². The second-order valence-electron chi connectivity index (χ2n) is 2.05. The minimum absolute atomic E-state index is 0.0783. The summed E-state index contributed by atoms with van der Waals surface area (Å²) in [6, 6.07) is 0. The van der Waals surface area contributed by atoms with Crippen molar-refractivity contribution >= 4 is 17.1 Å². The van der Waals surface area contributed by atoms with E-state index in [0.717, 1.165) is 0 Å². The quantitative estimate of drug-likeness (QED) is 0.466. The van der Waals surface area contributed by atoms with Crippen LogP contribution in [0.4, 0.5) is 5.95 Å². The van der Waals surface area contributed by atoms with Crippen LogP contribution in [0.15, 0.2) is 11.1 Å². The average Bonchev–Trinajstić information content (AvgIpc) is 2.34. The molecule has 56 valence electrons. The Morgan fingerprint density at radius 2 is 2.36 bits per heavy atom. The summed E-state index contributed by atoms with van der Waals surface area (Å²) in [6.07, 6.45) is 1.40. The molecule has 6 heteroatoms. The molecule has 0 unspecified atom stereocenters. The average molecular weight is 156 g/mol. The van der Waals surface area contributed by atoms with Crippen molar-refractivity contribution in [3.05, 3.63) is 16.7 Å². The van der Waals surface area contributed by atoms with Gasteiger partial charge in [-0.1, -0.05) is 0 Å². The highest BCUT2D eigenvalue weighted by Gasteiger charge is 2.01. The predicted octanol–water partition coefficient (Wildman–Crippen LogP) is -0.772. The zero-order valence-corrected chi connectivity index (χ0v) is 5.46. The van der Waals surface area contributed by atoms with Gasteiger partial charge < -0.3 is 10.7 Å². The highest BCUT2D eigenvalue weighted by Crippen LogP contribution is 1.98. The lowest BCUT2D eigenvalue weighted by atomic mass is 11.4.